The number of hydrogen-bond acceptors (Lipinski definition) is 3. The van der Waals surface area contributed by atoms with Crippen molar-refractivity contribution in [1.82, 2.24) is 10.6 Å². The van der Waals surface area contributed by atoms with Gasteiger partial charge in [0.05, 0.1) is 6.10 Å². The van der Waals surface area contributed by atoms with E-state index in [0.29, 0.717) is 6.54 Å². The van der Waals surface area contributed by atoms with E-state index in [2.05, 4.69) is 17.2 Å². The number of hydrogen-bond donors (Lipinski definition) is 2. The molecule has 0 radical (unpaired) electrons. The molecule has 1 amide bonds. The highest BCUT2D eigenvalue weighted by atomic mass is 16.5. The van der Waals surface area contributed by atoms with E-state index in [1.165, 1.54) is 0 Å². The van der Waals surface area contributed by atoms with Crippen LogP contribution in [0, 0.1) is 0 Å². The Bertz CT molecular complexity index is 160. The number of ether oxygens (including phenoxy) is 1. The molecule has 0 aliphatic carbocycles. The smallest absolute Gasteiger partial charge is 0.246 e. The van der Waals surface area contributed by atoms with Crippen LogP contribution in [0.5, 0.6) is 0 Å². The average molecular weight is 186 g/mol. The van der Waals surface area contributed by atoms with Gasteiger partial charge in [0.25, 0.3) is 0 Å². The normalized spacial score (nSPS) is 12.2. The minimum absolute atomic E-state index is 0.0551. The molecular weight excluding hydrogens is 168 g/mol. The quantitative estimate of drug-likeness (QED) is 0.546. The van der Waals surface area contributed by atoms with Crippen LogP contribution >= 0.6 is 0 Å². The van der Waals surface area contributed by atoms with Crippen molar-refractivity contribution in [2.75, 3.05) is 26.7 Å². The molecule has 4 heteroatoms. The van der Waals surface area contributed by atoms with Crippen molar-refractivity contribution in [3.63, 3.8) is 0 Å². The molecule has 0 rings (SSSR count). The predicted molar refractivity (Wildman–Crippen MR) is 52.5 cm³/mol. The van der Waals surface area contributed by atoms with E-state index in [1.54, 1.807) is 6.08 Å². The van der Waals surface area contributed by atoms with Crippen molar-refractivity contribution >= 4 is 5.91 Å². The second kappa shape index (κ2) is 7.76. The Balaban J connectivity index is 3.39. The van der Waals surface area contributed by atoms with Crippen LogP contribution in [0.4, 0.5) is 0 Å². The van der Waals surface area contributed by atoms with Crippen LogP contribution in [0.3, 0.4) is 0 Å². The van der Waals surface area contributed by atoms with Crippen molar-refractivity contribution in [3.8, 4) is 0 Å². The minimum Gasteiger partial charge on any atom is -0.367 e. The van der Waals surface area contributed by atoms with Gasteiger partial charge in [0.1, 0.15) is 6.61 Å². The van der Waals surface area contributed by atoms with Gasteiger partial charge in [-0.15, -0.1) is 6.58 Å². The first kappa shape index (κ1) is 12.1. The van der Waals surface area contributed by atoms with E-state index < -0.39 is 0 Å². The molecule has 0 aromatic carbocycles. The van der Waals surface area contributed by atoms with E-state index in [1.807, 2.05) is 14.0 Å². The van der Waals surface area contributed by atoms with Gasteiger partial charge in [-0.05, 0) is 14.0 Å². The van der Waals surface area contributed by atoms with Crippen LogP contribution in [0.15, 0.2) is 12.7 Å². The summed E-state index contributed by atoms with van der Waals surface area (Å²) < 4.78 is 5.23. The third-order valence-electron chi connectivity index (χ3n) is 1.43. The van der Waals surface area contributed by atoms with Gasteiger partial charge in [-0.1, -0.05) is 6.08 Å². The maximum absolute atomic E-state index is 11.0. The summed E-state index contributed by atoms with van der Waals surface area (Å²) >= 11 is 0. The number of rotatable bonds is 7. The second-order valence-corrected chi connectivity index (χ2v) is 2.77. The lowest BCUT2D eigenvalue weighted by atomic mass is 10.4. The van der Waals surface area contributed by atoms with Crippen molar-refractivity contribution in [1.29, 1.82) is 0 Å². The Hall–Kier alpha value is -0.870. The Morgan fingerprint density at radius 3 is 2.92 bits per heavy atom. The lowest BCUT2D eigenvalue weighted by Crippen LogP contribution is -2.32. The summed E-state index contributed by atoms with van der Waals surface area (Å²) in [6.45, 7) is 6.75. The monoisotopic (exact) mass is 186 g/mol. The van der Waals surface area contributed by atoms with Crippen LogP contribution in [0.1, 0.15) is 6.92 Å². The molecule has 0 spiro atoms. The first-order chi connectivity index (χ1) is 6.20. The van der Waals surface area contributed by atoms with Gasteiger partial charge in [0, 0.05) is 13.1 Å². The molecule has 0 bridgehead atoms. The lowest BCUT2D eigenvalue weighted by Gasteiger charge is -2.11. The number of carbonyl (C=O) groups is 1. The predicted octanol–water partition coefficient (Wildman–Crippen LogP) is -0.0869. The third-order valence-corrected chi connectivity index (χ3v) is 1.43. The zero-order chi connectivity index (χ0) is 10.1. The molecule has 13 heavy (non-hydrogen) atoms. The topological polar surface area (TPSA) is 50.4 Å². The van der Waals surface area contributed by atoms with Crippen molar-refractivity contribution in [2.45, 2.75) is 13.0 Å². The second-order valence-electron chi connectivity index (χ2n) is 2.77. The van der Waals surface area contributed by atoms with E-state index >= 15 is 0 Å². The summed E-state index contributed by atoms with van der Waals surface area (Å²) in [5, 5.41) is 5.59. The first-order valence-electron chi connectivity index (χ1n) is 4.34. The highest BCUT2D eigenvalue weighted by Gasteiger charge is 2.04. The van der Waals surface area contributed by atoms with Gasteiger partial charge in [-0.2, -0.15) is 0 Å². The first-order valence-corrected chi connectivity index (χ1v) is 4.34. The minimum atomic E-state index is -0.108. The van der Waals surface area contributed by atoms with Crippen LogP contribution in [0.2, 0.25) is 0 Å². The highest BCUT2D eigenvalue weighted by Crippen LogP contribution is 1.87. The van der Waals surface area contributed by atoms with Gasteiger partial charge in [-0.3, -0.25) is 4.79 Å². The summed E-state index contributed by atoms with van der Waals surface area (Å²) in [6.07, 6.45) is 1.69. The van der Waals surface area contributed by atoms with Crippen LogP contribution in [-0.2, 0) is 9.53 Å². The fourth-order valence-electron chi connectivity index (χ4n) is 0.801. The summed E-state index contributed by atoms with van der Waals surface area (Å²) in [5.41, 5.74) is 0. The molecule has 0 aromatic rings. The molecule has 0 aliphatic rings. The van der Waals surface area contributed by atoms with E-state index in [0.717, 1.165) is 6.54 Å². The molecular formula is C9H18N2O2. The van der Waals surface area contributed by atoms with E-state index in [-0.39, 0.29) is 18.6 Å². The zero-order valence-corrected chi connectivity index (χ0v) is 8.30. The summed E-state index contributed by atoms with van der Waals surface area (Å²) in [7, 11) is 1.84. The largest absolute Gasteiger partial charge is 0.367 e. The summed E-state index contributed by atoms with van der Waals surface area (Å²) in [6, 6.07) is 0. The molecule has 2 N–H and O–H groups in total. The maximum Gasteiger partial charge on any atom is 0.246 e. The number of likely N-dealkylation sites (N-methyl/N-ethyl adjacent to an activating group) is 1. The molecule has 0 aromatic heterocycles. The Morgan fingerprint density at radius 1 is 1.69 bits per heavy atom. The van der Waals surface area contributed by atoms with E-state index in [4.69, 9.17) is 4.74 Å². The van der Waals surface area contributed by atoms with Gasteiger partial charge in [-0.25, -0.2) is 0 Å². The van der Waals surface area contributed by atoms with Crippen LogP contribution < -0.4 is 10.6 Å². The van der Waals surface area contributed by atoms with Gasteiger partial charge in [0.15, 0.2) is 0 Å². The SMILES string of the molecule is C=CCNC(=O)COC(C)CNC. The molecule has 1 atom stereocenters. The molecule has 0 heterocycles. The molecule has 0 saturated heterocycles. The molecule has 0 saturated carbocycles. The van der Waals surface area contributed by atoms with Crippen LogP contribution in [0.25, 0.3) is 0 Å². The van der Waals surface area contributed by atoms with Gasteiger partial charge < -0.3 is 15.4 Å². The standard InChI is InChI=1S/C9H18N2O2/c1-4-5-11-9(12)7-13-8(2)6-10-3/h4,8,10H,1,5-7H2,2-3H3,(H,11,12). The summed E-state index contributed by atoms with van der Waals surface area (Å²) in [4.78, 5) is 11.0. The van der Waals surface area contributed by atoms with Crippen molar-refractivity contribution in [2.24, 2.45) is 0 Å². The molecule has 4 nitrogen and oxygen atoms in total. The van der Waals surface area contributed by atoms with E-state index in [9.17, 15) is 4.79 Å². The molecule has 76 valence electrons. The van der Waals surface area contributed by atoms with Crippen molar-refractivity contribution in [3.05, 3.63) is 12.7 Å². The number of nitrogens with one attached hydrogen (secondary N) is 2. The number of carbonyl (C=O) groups excluding carboxylic acids is 1. The molecule has 1 unspecified atom stereocenters. The average Bonchev–Trinajstić information content (AvgIpc) is 2.12. The van der Waals surface area contributed by atoms with Crippen molar-refractivity contribution < 1.29 is 9.53 Å². The molecule has 0 fully saturated rings. The Labute approximate surface area is 79.3 Å². The molecule has 0 aliphatic heterocycles. The Kier molecular flexibility index (Phi) is 7.24. The van der Waals surface area contributed by atoms with Crippen LogP contribution in [-0.4, -0.2) is 38.8 Å². The lowest BCUT2D eigenvalue weighted by molar-refractivity contribution is -0.127. The fraction of sp³-hybridized carbons (Fsp3) is 0.667. The zero-order valence-electron chi connectivity index (χ0n) is 8.30. The van der Waals surface area contributed by atoms with Gasteiger partial charge in [0.2, 0.25) is 5.91 Å². The highest BCUT2D eigenvalue weighted by molar-refractivity contribution is 5.77. The number of amides is 1. The maximum atomic E-state index is 11.0. The fourth-order valence-corrected chi connectivity index (χ4v) is 0.801. The third kappa shape index (κ3) is 7.49. The summed E-state index contributed by atoms with van der Waals surface area (Å²) in [5.74, 6) is -0.108. The Morgan fingerprint density at radius 2 is 2.38 bits per heavy atom. The van der Waals surface area contributed by atoms with Gasteiger partial charge >= 0.3 is 0 Å².